The Morgan fingerprint density at radius 1 is 1.00 bits per heavy atom. The van der Waals surface area contributed by atoms with Crippen molar-refractivity contribution >= 4 is 11.6 Å². The number of hydrogen-bond donors (Lipinski definition) is 2. The summed E-state index contributed by atoms with van der Waals surface area (Å²) in [7, 11) is 3.19. The summed E-state index contributed by atoms with van der Waals surface area (Å²) in [6.07, 6.45) is 0.538. The lowest BCUT2D eigenvalue weighted by atomic mass is 10.2. The van der Waals surface area contributed by atoms with Gasteiger partial charge in [-0.05, 0) is 55.8 Å². The summed E-state index contributed by atoms with van der Waals surface area (Å²) in [5.41, 5.74) is 1.91. The molecule has 6 nitrogen and oxygen atoms in total. The highest BCUT2D eigenvalue weighted by Gasteiger charge is 2.06. The fraction of sp³-hybridized carbons (Fsp3) is 0.381. The summed E-state index contributed by atoms with van der Waals surface area (Å²) < 4.78 is 16.1. The number of carbonyl (C=O) groups excluding carboxylic acids is 1. The summed E-state index contributed by atoms with van der Waals surface area (Å²) in [5, 5.41) is 6.14. The first-order valence-corrected chi connectivity index (χ1v) is 9.00. The van der Waals surface area contributed by atoms with E-state index in [2.05, 4.69) is 10.6 Å². The highest BCUT2D eigenvalue weighted by molar-refractivity contribution is 5.76. The summed E-state index contributed by atoms with van der Waals surface area (Å²) in [5.74, 6) is 2.14. The molecule has 2 rings (SSSR count). The number of hydrogen-bond acceptors (Lipinski definition) is 5. The molecule has 0 aliphatic rings. The van der Waals surface area contributed by atoms with Crippen molar-refractivity contribution in [3.8, 4) is 17.2 Å². The van der Waals surface area contributed by atoms with Crippen LogP contribution in [0, 0.1) is 0 Å². The molecule has 6 heteroatoms. The Kier molecular flexibility index (Phi) is 7.79. The van der Waals surface area contributed by atoms with Gasteiger partial charge in [0.05, 0.1) is 20.3 Å². The van der Waals surface area contributed by atoms with Crippen LogP contribution in [0.3, 0.4) is 0 Å². The second kappa shape index (κ2) is 10.3. The van der Waals surface area contributed by atoms with Gasteiger partial charge in [0.15, 0.2) is 11.5 Å². The van der Waals surface area contributed by atoms with E-state index >= 15 is 0 Å². The van der Waals surface area contributed by atoms with E-state index in [9.17, 15) is 4.79 Å². The molecular weight excluding hydrogens is 344 g/mol. The highest BCUT2D eigenvalue weighted by atomic mass is 16.5. The molecule has 0 saturated heterocycles. The van der Waals surface area contributed by atoms with Gasteiger partial charge in [0.25, 0.3) is 0 Å². The number of amides is 1. The lowest BCUT2D eigenvalue weighted by Gasteiger charge is -2.12. The van der Waals surface area contributed by atoms with E-state index in [-0.39, 0.29) is 12.0 Å². The zero-order valence-electron chi connectivity index (χ0n) is 16.4. The lowest BCUT2D eigenvalue weighted by molar-refractivity contribution is -0.121. The lowest BCUT2D eigenvalue weighted by Crippen LogP contribution is -2.24. The Morgan fingerprint density at radius 2 is 1.70 bits per heavy atom. The summed E-state index contributed by atoms with van der Waals surface area (Å²) in [4.78, 5) is 12.0. The van der Waals surface area contributed by atoms with Gasteiger partial charge in [-0.15, -0.1) is 0 Å². The quantitative estimate of drug-likeness (QED) is 0.667. The molecule has 2 aromatic carbocycles. The maximum Gasteiger partial charge on any atom is 0.222 e. The minimum absolute atomic E-state index is 0.0166. The van der Waals surface area contributed by atoms with Crippen molar-refractivity contribution in [1.29, 1.82) is 0 Å². The van der Waals surface area contributed by atoms with E-state index in [1.165, 1.54) is 0 Å². The number of ether oxygens (including phenoxy) is 3. The van der Waals surface area contributed by atoms with Gasteiger partial charge in [0.2, 0.25) is 5.91 Å². The minimum atomic E-state index is -0.0166. The average molecular weight is 372 g/mol. The number of nitrogens with one attached hydrogen (secondary N) is 2. The predicted octanol–water partition coefficient (Wildman–Crippen LogP) is 3.61. The summed E-state index contributed by atoms with van der Waals surface area (Å²) in [6.45, 7) is 4.99. The maximum absolute atomic E-state index is 12.0. The molecule has 0 fully saturated rings. The van der Waals surface area contributed by atoms with Gasteiger partial charge in [-0.3, -0.25) is 4.79 Å². The highest BCUT2D eigenvalue weighted by Crippen LogP contribution is 2.27. The fourth-order valence-electron chi connectivity index (χ4n) is 2.52. The molecule has 0 aliphatic carbocycles. The monoisotopic (exact) mass is 372 g/mol. The molecule has 2 N–H and O–H groups in total. The molecule has 0 atom stereocenters. The number of rotatable bonds is 10. The molecule has 0 aromatic heterocycles. The van der Waals surface area contributed by atoms with E-state index in [0.717, 1.165) is 17.0 Å². The maximum atomic E-state index is 12.0. The molecule has 0 saturated carbocycles. The number of anilines is 1. The molecule has 2 aromatic rings. The van der Waals surface area contributed by atoms with Crippen LogP contribution >= 0.6 is 0 Å². The Bertz CT molecular complexity index is 729. The Hall–Kier alpha value is -2.89. The van der Waals surface area contributed by atoms with Crippen molar-refractivity contribution in [3.63, 3.8) is 0 Å². The SMILES string of the molecule is COc1ccc(CNC(=O)CCNc2ccc(OC(C)C)cc2)cc1OC. The molecule has 0 bridgehead atoms. The van der Waals surface area contributed by atoms with Crippen LogP contribution in [-0.2, 0) is 11.3 Å². The molecule has 0 heterocycles. The molecule has 27 heavy (non-hydrogen) atoms. The van der Waals surface area contributed by atoms with Crippen molar-refractivity contribution in [2.75, 3.05) is 26.1 Å². The van der Waals surface area contributed by atoms with Crippen molar-refractivity contribution in [3.05, 3.63) is 48.0 Å². The van der Waals surface area contributed by atoms with Crippen LogP contribution in [0.1, 0.15) is 25.8 Å². The molecule has 0 spiro atoms. The van der Waals surface area contributed by atoms with Crippen molar-refractivity contribution < 1.29 is 19.0 Å². The number of carbonyl (C=O) groups is 1. The van der Waals surface area contributed by atoms with Crippen LogP contribution in [0.4, 0.5) is 5.69 Å². The van der Waals surface area contributed by atoms with Crippen LogP contribution in [0.2, 0.25) is 0 Å². The smallest absolute Gasteiger partial charge is 0.222 e. The first-order valence-electron chi connectivity index (χ1n) is 9.00. The average Bonchev–Trinajstić information content (AvgIpc) is 2.67. The van der Waals surface area contributed by atoms with E-state index in [4.69, 9.17) is 14.2 Å². The Morgan fingerprint density at radius 3 is 2.33 bits per heavy atom. The predicted molar refractivity (Wildman–Crippen MR) is 107 cm³/mol. The Balaban J connectivity index is 1.73. The molecule has 0 unspecified atom stereocenters. The molecule has 0 aliphatic heterocycles. The van der Waals surface area contributed by atoms with Crippen molar-refractivity contribution in [1.82, 2.24) is 5.32 Å². The molecule has 146 valence electrons. The summed E-state index contributed by atoms with van der Waals surface area (Å²) >= 11 is 0. The topological polar surface area (TPSA) is 68.8 Å². The molecule has 0 radical (unpaired) electrons. The Labute approximate surface area is 160 Å². The summed E-state index contributed by atoms with van der Waals surface area (Å²) in [6, 6.07) is 13.3. The van der Waals surface area contributed by atoms with Crippen molar-refractivity contribution in [2.45, 2.75) is 32.9 Å². The molecule has 1 amide bonds. The van der Waals surface area contributed by atoms with E-state index in [1.54, 1.807) is 14.2 Å². The zero-order chi connectivity index (χ0) is 19.6. The van der Waals surface area contributed by atoms with Gasteiger partial charge in [0, 0.05) is 25.2 Å². The first-order chi connectivity index (χ1) is 13.0. The zero-order valence-corrected chi connectivity index (χ0v) is 16.4. The largest absolute Gasteiger partial charge is 0.493 e. The third kappa shape index (κ3) is 6.73. The van der Waals surface area contributed by atoms with E-state index in [1.807, 2.05) is 56.3 Å². The van der Waals surface area contributed by atoms with Crippen LogP contribution in [-0.4, -0.2) is 32.8 Å². The van der Waals surface area contributed by atoms with Gasteiger partial charge >= 0.3 is 0 Å². The first kappa shape index (κ1) is 20.4. The van der Waals surface area contributed by atoms with Gasteiger partial charge in [-0.2, -0.15) is 0 Å². The van der Waals surface area contributed by atoms with Gasteiger partial charge < -0.3 is 24.8 Å². The van der Waals surface area contributed by atoms with Crippen molar-refractivity contribution in [2.24, 2.45) is 0 Å². The fourth-order valence-corrected chi connectivity index (χ4v) is 2.52. The van der Waals surface area contributed by atoms with Gasteiger partial charge in [-0.25, -0.2) is 0 Å². The van der Waals surface area contributed by atoms with Crippen LogP contribution < -0.4 is 24.8 Å². The molecular formula is C21H28N2O4. The third-order valence-corrected chi connectivity index (χ3v) is 3.84. The second-order valence-electron chi connectivity index (χ2n) is 6.33. The van der Waals surface area contributed by atoms with Crippen LogP contribution in [0.15, 0.2) is 42.5 Å². The normalized spacial score (nSPS) is 10.4. The third-order valence-electron chi connectivity index (χ3n) is 3.84. The van der Waals surface area contributed by atoms with Gasteiger partial charge in [-0.1, -0.05) is 6.07 Å². The van der Waals surface area contributed by atoms with E-state index < -0.39 is 0 Å². The van der Waals surface area contributed by atoms with E-state index in [0.29, 0.717) is 31.0 Å². The standard InChI is InChI=1S/C21H28N2O4/c1-15(2)27-18-8-6-17(7-9-18)22-12-11-21(24)23-14-16-5-10-19(25-3)20(13-16)26-4/h5-10,13,15,22H,11-12,14H2,1-4H3,(H,23,24). The van der Waals surface area contributed by atoms with Crippen LogP contribution in [0.25, 0.3) is 0 Å². The second-order valence-corrected chi connectivity index (χ2v) is 6.33. The minimum Gasteiger partial charge on any atom is -0.493 e. The van der Waals surface area contributed by atoms with Crippen LogP contribution in [0.5, 0.6) is 17.2 Å². The number of benzene rings is 2. The number of methoxy groups -OCH3 is 2. The van der Waals surface area contributed by atoms with Gasteiger partial charge in [0.1, 0.15) is 5.75 Å².